The van der Waals surface area contributed by atoms with Gasteiger partial charge in [0, 0.05) is 24.4 Å². The Morgan fingerprint density at radius 3 is 2.58 bits per heavy atom. The summed E-state index contributed by atoms with van der Waals surface area (Å²) in [6.07, 6.45) is 1.11. The van der Waals surface area contributed by atoms with Crippen LogP contribution in [0.1, 0.15) is 24.2 Å². The minimum atomic E-state index is -2.63. The molecule has 0 unspecified atom stereocenters. The topological polar surface area (TPSA) is 30.7 Å². The molecule has 1 heterocycles. The van der Waals surface area contributed by atoms with Gasteiger partial charge in [0.05, 0.1) is 5.41 Å². The first kappa shape index (κ1) is 12.7. The Balaban J connectivity index is 2.12. The maximum Gasteiger partial charge on any atom is 0.250 e. The number of aromatic nitrogens is 3. The Morgan fingerprint density at radius 1 is 1.32 bits per heavy atom. The third-order valence-electron chi connectivity index (χ3n) is 3.64. The molecule has 1 fully saturated rings. The normalized spacial score (nSPS) is 20.0. The van der Waals surface area contributed by atoms with Gasteiger partial charge >= 0.3 is 0 Å². The largest absolute Gasteiger partial charge is 0.320 e. The van der Waals surface area contributed by atoms with Crippen LogP contribution in [0.3, 0.4) is 0 Å². The molecule has 0 N–H and O–H groups in total. The van der Waals surface area contributed by atoms with Gasteiger partial charge in [-0.25, -0.2) is 8.78 Å². The van der Waals surface area contributed by atoms with E-state index >= 15 is 0 Å². The number of rotatable bonds is 2. The summed E-state index contributed by atoms with van der Waals surface area (Å²) in [5, 5.41) is 7.87. The zero-order chi connectivity index (χ0) is 13.7. The number of halogens is 3. The van der Waals surface area contributed by atoms with Crippen LogP contribution in [0.4, 0.5) is 8.78 Å². The monoisotopic (exact) mass is 327 g/mol. The van der Waals surface area contributed by atoms with Crippen LogP contribution in [-0.4, -0.2) is 20.7 Å². The van der Waals surface area contributed by atoms with Crippen LogP contribution >= 0.6 is 15.9 Å². The fraction of sp³-hybridized carbons (Fsp3) is 0.385. The molecular weight excluding hydrogens is 316 g/mol. The molecule has 0 atom stereocenters. The molecule has 0 aliphatic heterocycles. The lowest BCUT2D eigenvalue weighted by Gasteiger charge is -2.46. The maximum atomic E-state index is 13.5. The second-order valence-electron chi connectivity index (χ2n) is 5.07. The van der Waals surface area contributed by atoms with E-state index in [1.165, 1.54) is 0 Å². The summed E-state index contributed by atoms with van der Waals surface area (Å²) < 4.78 is 29.5. The molecule has 6 heteroatoms. The van der Waals surface area contributed by atoms with Crippen molar-refractivity contribution >= 4 is 15.9 Å². The smallest absolute Gasteiger partial charge is 0.250 e. The van der Waals surface area contributed by atoms with Gasteiger partial charge in [0.25, 0.3) is 5.92 Å². The third-order valence-corrected chi connectivity index (χ3v) is 4.13. The molecule has 2 aromatic rings. The van der Waals surface area contributed by atoms with Crippen LogP contribution in [0, 0.1) is 0 Å². The first-order valence-electron chi connectivity index (χ1n) is 5.91. The van der Waals surface area contributed by atoms with Crippen LogP contribution in [0.25, 0.3) is 0 Å². The van der Waals surface area contributed by atoms with Crippen molar-refractivity contribution in [1.29, 1.82) is 0 Å². The molecule has 0 amide bonds. The molecule has 1 saturated carbocycles. The number of aryl methyl sites for hydroxylation is 1. The molecule has 0 radical (unpaired) electrons. The third kappa shape index (κ3) is 1.98. The molecule has 3 rings (SSSR count). The van der Waals surface area contributed by atoms with Gasteiger partial charge in [0.1, 0.15) is 12.2 Å². The van der Waals surface area contributed by atoms with Crippen LogP contribution in [-0.2, 0) is 12.5 Å². The van der Waals surface area contributed by atoms with Crippen molar-refractivity contribution in [3.63, 3.8) is 0 Å². The average Bonchev–Trinajstić information content (AvgIpc) is 2.72. The molecular formula is C13H12BrF2N3. The quantitative estimate of drug-likeness (QED) is 0.847. The highest BCUT2D eigenvalue weighted by Crippen LogP contribution is 2.56. The van der Waals surface area contributed by atoms with Crippen molar-refractivity contribution in [2.45, 2.75) is 24.2 Å². The van der Waals surface area contributed by atoms with Crippen molar-refractivity contribution < 1.29 is 8.78 Å². The molecule has 100 valence electrons. The van der Waals surface area contributed by atoms with Crippen molar-refractivity contribution in [3.05, 3.63) is 46.5 Å². The molecule has 1 aliphatic rings. The van der Waals surface area contributed by atoms with Gasteiger partial charge in [-0.15, -0.1) is 10.2 Å². The Labute approximate surface area is 117 Å². The summed E-state index contributed by atoms with van der Waals surface area (Å²) in [6.45, 7) is 0. The highest BCUT2D eigenvalue weighted by atomic mass is 79.9. The van der Waals surface area contributed by atoms with Gasteiger partial charge in [-0.2, -0.15) is 0 Å². The summed E-state index contributed by atoms with van der Waals surface area (Å²) in [4.78, 5) is 0. The summed E-state index contributed by atoms with van der Waals surface area (Å²) in [5.41, 5.74) is 0.113. The molecule has 0 spiro atoms. The molecule has 0 saturated heterocycles. The van der Waals surface area contributed by atoms with E-state index < -0.39 is 11.3 Å². The number of nitrogens with zero attached hydrogens (tertiary/aromatic N) is 3. The Kier molecular flexibility index (Phi) is 2.74. The van der Waals surface area contributed by atoms with E-state index in [0.29, 0.717) is 5.82 Å². The van der Waals surface area contributed by atoms with Gasteiger partial charge in [0.15, 0.2) is 0 Å². The lowest BCUT2D eigenvalue weighted by atomic mass is 9.61. The Morgan fingerprint density at radius 2 is 2.05 bits per heavy atom. The predicted octanol–water partition coefficient (Wildman–Crippen LogP) is 3.29. The highest BCUT2D eigenvalue weighted by Gasteiger charge is 2.60. The van der Waals surface area contributed by atoms with Gasteiger partial charge in [0.2, 0.25) is 0 Å². The number of hydrogen-bond acceptors (Lipinski definition) is 2. The molecule has 1 aromatic carbocycles. The van der Waals surface area contributed by atoms with Crippen LogP contribution in [0.5, 0.6) is 0 Å². The standard InChI is InChI=1S/C13H12BrF2N3/c1-19-8-17-18-11(19)12(6-13(15,16)7-12)9-3-2-4-10(14)5-9/h2-5,8H,6-7H2,1H3. The van der Waals surface area contributed by atoms with Gasteiger partial charge < -0.3 is 4.57 Å². The van der Waals surface area contributed by atoms with Crippen LogP contribution < -0.4 is 0 Å². The number of alkyl halides is 2. The molecule has 1 aromatic heterocycles. The zero-order valence-corrected chi connectivity index (χ0v) is 11.9. The average molecular weight is 328 g/mol. The van der Waals surface area contributed by atoms with Gasteiger partial charge in [-0.1, -0.05) is 28.1 Å². The van der Waals surface area contributed by atoms with Crippen LogP contribution in [0.15, 0.2) is 35.1 Å². The minimum absolute atomic E-state index is 0.219. The first-order valence-corrected chi connectivity index (χ1v) is 6.71. The van der Waals surface area contributed by atoms with E-state index in [1.54, 1.807) is 17.9 Å². The summed E-state index contributed by atoms with van der Waals surface area (Å²) in [5.74, 6) is -2.04. The predicted molar refractivity (Wildman–Crippen MR) is 70.1 cm³/mol. The molecule has 19 heavy (non-hydrogen) atoms. The van der Waals surface area contributed by atoms with Crippen molar-refractivity contribution in [1.82, 2.24) is 14.8 Å². The van der Waals surface area contributed by atoms with E-state index in [9.17, 15) is 8.78 Å². The summed E-state index contributed by atoms with van der Waals surface area (Å²) in [7, 11) is 1.78. The lowest BCUT2D eigenvalue weighted by molar-refractivity contribution is -0.116. The minimum Gasteiger partial charge on any atom is -0.320 e. The zero-order valence-electron chi connectivity index (χ0n) is 10.3. The summed E-state index contributed by atoms with van der Waals surface area (Å²) in [6, 6.07) is 7.48. The Bertz CT molecular complexity index is 616. The number of benzene rings is 1. The van der Waals surface area contributed by atoms with E-state index in [1.807, 2.05) is 24.3 Å². The van der Waals surface area contributed by atoms with Crippen LogP contribution in [0.2, 0.25) is 0 Å². The number of hydrogen-bond donors (Lipinski definition) is 0. The van der Waals surface area contributed by atoms with Crippen molar-refractivity contribution in [3.8, 4) is 0 Å². The van der Waals surface area contributed by atoms with E-state index in [2.05, 4.69) is 26.1 Å². The fourth-order valence-corrected chi connectivity index (χ4v) is 3.22. The van der Waals surface area contributed by atoms with E-state index in [-0.39, 0.29) is 12.8 Å². The summed E-state index contributed by atoms with van der Waals surface area (Å²) >= 11 is 3.39. The first-order chi connectivity index (χ1) is 8.93. The SMILES string of the molecule is Cn1cnnc1C1(c2cccc(Br)c2)CC(F)(F)C1. The highest BCUT2D eigenvalue weighted by molar-refractivity contribution is 9.10. The fourth-order valence-electron chi connectivity index (χ4n) is 2.83. The second-order valence-corrected chi connectivity index (χ2v) is 5.98. The maximum absolute atomic E-state index is 13.5. The van der Waals surface area contributed by atoms with Gasteiger partial charge in [-0.05, 0) is 17.7 Å². The van der Waals surface area contributed by atoms with E-state index in [0.717, 1.165) is 10.0 Å². The molecule has 3 nitrogen and oxygen atoms in total. The lowest BCUT2D eigenvalue weighted by Crippen LogP contribution is -2.51. The molecule has 0 bridgehead atoms. The molecule has 1 aliphatic carbocycles. The second kappa shape index (κ2) is 4.10. The van der Waals surface area contributed by atoms with E-state index in [4.69, 9.17) is 0 Å². The Hall–Kier alpha value is -1.30. The van der Waals surface area contributed by atoms with Crippen molar-refractivity contribution in [2.24, 2.45) is 7.05 Å². The van der Waals surface area contributed by atoms with Gasteiger partial charge in [-0.3, -0.25) is 0 Å². The van der Waals surface area contributed by atoms with Crippen molar-refractivity contribution in [2.75, 3.05) is 0 Å².